The van der Waals surface area contributed by atoms with Gasteiger partial charge < -0.3 is 5.32 Å². The van der Waals surface area contributed by atoms with Gasteiger partial charge in [0, 0.05) is 18.2 Å². The van der Waals surface area contributed by atoms with Crippen molar-refractivity contribution in [2.24, 2.45) is 0 Å². The number of nitrogens with one attached hydrogen (secondary N) is 1. The lowest BCUT2D eigenvalue weighted by Gasteiger charge is -2.18. The van der Waals surface area contributed by atoms with Gasteiger partial charge in [0.1, 0.15) is 0 Å². The normalized spacial score (nSPS) is 12.4. The van der Waals surface area contributed by atoms with Crippen LogP contribution in [-0.2, 0) is 6.42 Å². The quantitative estimate of drug-likeness (QED) is 0.581. The summed E-state index contributed by atoms with van der Waals surface area (Å²) in [6, 6.07) is 5.09. The molecular formula is C14H21ClN2O2. The lowest BCUT2D eigenvalue weighted by molar-refractivity contribution is -0.384. The third kappa shape index (κ3) is 5.17. The van der Waals surface area contributed by atoms with Gasteiger partial charge in [-0.15, -0.1) is 0 Å². The van der Waals surface area contributed by atoms with Gasteiger partial charge in [-0.3, -0.25) is 10.1 Å². The Balaban J connectivity index is 2.75. The van der Waals surface area contributed by atoms with E-state index >= 15 is 0 Å². The lowest BCUT2D eigenvalue weighted by Crippen LogP contribution is -2.31. The molecule has 0 amide bonds. The van der Waals surface area contributed by atoms with Crippen molar-refractivity contribution in [2.45, 2.75) is 45.6 Å². The van der Waals surface area contributed by atoms with Crippen molar-refractivity contribution in [2.75, 3.05) is 6.54 Å². The summed E-state index contributed by atoms with van der Waals surface area (Å²) in [6.45, 7) is 5.27. The standard InChI is InChI=1S/C14H21ClN2O2/c1-3-5-12(16-8-4-2)9-11-6-7-13(17(18)19)10-14(11)15/h6-7,10,12,16H,3-5,8-9H2,1-2H3. The van der Waals surface area contributed by atoms with E-state index in [1.165, 1.54) is 12.1 Å². The van der Waals surface area contributed by atoms with E-state index in [1.807, 2.05) is 0 Å². The number of halogens is 1. The highest BCUT2D eigenvalue weighted by Gasteiger charge is 2.13. The van der Waals surface area contributed by atoms with E-state index in [2.05, 4.69) is 19.2 Å². The first-order valence-corrected chi connectivity index (χ1v) is 7.12. The van der Waals surface area contributed by atoms with Crippen LogP contribution in [0.3, 0.4) is 0 Å². The van der Waals surface area contributed by atoms with Gasteiger partial charge in [-0.2, -0.15) is 0 Å². The molecule has 0 aliphatic rings. The van der Waals surface area contributed by atoms with Gasteiger partial charge in [0.05, 0.1) is 9.95 Å². The SMILES string of the molecule is CCCNC(CCC)Cc1ccc([N+](=O)[O-])cc1Cl. The van der Waals surface area contributed by atoms with E-state index in [9.17, 15) is 10.1 Å². The molecule has 1 rings (SSSR count). The van der Waals surface area contributed by atoms with Gasteiger partial charge in [0.15, 0.2) is 0 Å². The molecule has 1 atom stereocenters. The van der Waals surface area contributed by atoms with E-state index in [0.29, 0.717) is 11.1 Å². The zero-order valence-electron chi connectivity index (χ0n) is 11.5. The van der Waals surface area contributed by atoms with Crippen LogP contribution in [-0.4, -0.2) is 17.5 Å². The van der Waals surface area contributed by atoms with E-state index in [1.54, 1.807) is 6.07 Å². The van der Waals surface area contributed by atoms with Crippen LogP contribution in [0.15, 0.2) is 18.2 Å². The van der Waals surface area contributed by atoms with Crippen LogP contribution in [0.1, 0.15) is 38.7 Å². The Bertz CT molecular complexity index is 424. The summed E-state index contributed by atoms with van der Waals surface area (Å²) in [4.78, 5) is 10.2. The molecule has 1 N–H and O–H groups in total. The van der Waals surface area contributed by atoms with Crippen LogP contribution in [0.5, 0.6) is 0 Å². The van der Waals surface area contributed by atoms with Crippen LogP contribution < -0.4 is 5.32 Å². The first-order chi connectivity index (χ1) is 9.08. The average Bonchev–Trinajstić information content (AvgIpc) is 2.38. The van der Waals surface area contributed by atoms with Crippen molar-refractivity contribution >= 4 is 17.3 Å². The molecule has 1 aromatic rings. The maximum absolute atomic E-state index is 10.7. The average molecular weight is 285 g/mol. The van der Waals surface area contributed by atoms with Crippen molar-refractivity contribution in [3.8, 4) is 0 Å². The predicted molar refractivity (Wildman–Crippen MR) is 78.8 cm³/mol. The molecule has 0 saturated carbocycles. The van der Waals surface area contributed by atoms with Gasteiger partial charge in [-0.1, -0.05) is 37.9 Å². The second-order valence-corrected chi connectivity index (χ2v) is 5.08. The largest absolute Gasteiger partial charge is 0.314 e. The summed E-state index contributed by atoms with van der Waals surface area (Å²) < 4.78 is 0. The molecule has 4 nitrogen and oxygen atoms in total. The molecule has 106 valence electrons. The van der Waals surface area contributed by atoms with E-state index < -0.39 is 4.92 Å². The molecule has 1 unspecified atom stereocenters. The number of hydrogen-bond donors (Lipinski definition) is 1. The third-order valence-electron chi connectivity index (χ3n) is 3.03. The molecule has 0 fully saturated rings. The first kappa shape index (κ1) is 15.9. The molecule has 0 spiro atoms. The first-order valence-electron chi connectivity index (χ1n) is 6.74. The van der Waals surface area contributed by atoms with Crippen molar-refractivity contribution in [3.63, 3.8) is 0 Å². The van der Waals surface area contributed by atoms with E-state index in [-0.39, 0.29) is 5.69 Å². The fourth-order valence-electron chi connectivity index (χ4n) is 2.05. The van der Waals surface area contributed by atoms with Gasteiger partial charge in [0.2, 0.25) is 0 Å². The summed E-state index contributed by atoms with van der Waals surface area (Å²) in [5, 5.41) is 14.6. The summed E-state index contributed by atoms with van der Waals surface area (Å²) >= 11 is 6.12. The van der Waals surface area contributed by atoms with Crippen molar-refractivity contribution in [1.82, 2.24) is 5.32 Å². The molecule has 0 aromatic heterocycles. The number of nitro groups is 1. The van der Waals surface area contributed by atoms with Gasteiger partial charge in [-0.25, -0.2) is 0 Å². The van der Waals surface area contributed by atoms with Gasteiger partial charge in [0.25, 0.3) is 5.69 Å². The monoisotopic (exact) mass is 284 g/mol. The smallest absolute Gasteiger partial charge is 0.270 e. The second kappa shape index (κ2) is 8.12. The highest BCUT2D eigenvalue weighted by atomic mass is 35.5. The van der Waals surface area contributed by atoms with Gasteiger partial charge in [-0.05, 0) is 31.4 Å². The van der Waals surface area contributed by atoms with Crippen LogP contribution in [0, 0.1) is 10.1 Å². The Morgan fingerprint density at radius 3 is 2.63 bits per heavy atom. The number of non-ortho nitro benzene ring substituents is 1. The molecule has 19 heavy (non-hydrogen) atoms. The minimum Gasteiger partial charge on any atom is -0.314 e. The second-order valence-electron chi connectivity index (χ2n) is 4.68. The zero-order chi connectivity index (χ0) is 14.3. The van der Waals surface area contributed by atoms with Crippen LogP contribution in [0.25, 0.3) is 0 Å². The predicted octanol–water partition coefficient (Wildman–Crippen LogP) is 3.96. The molecular weight excluding hydrogens is 264 g/mol. The molecule has 0 bridgehead atoms. The van der Waals surface area contributed by atoms with Crippen molar-refractivity contribution < 1.29 is 4.92 Å². The zero-order valence-corrected chi connectivity index (χ0v) is 12.2. The maximum atomic E-state index is 10.7. The molecule has 0 radical (unpaired) electrons. The van der Waals surface area contributed by atoms with Crippen LogP contribution >= 0.6 is 11.6 Å². The molecule has 0 saturated heterocycles. The van der Waals surface area contributed by atoms with Crippen molar-refractivity contribution in [3.05, 3.63) is 38.9 Å². The number of hydrogen-bond acceptors (Lipinski definition) is 3. The summed E-state index contributed by atoms with van der Waals surface area (Å²) in [6.07, 6.45) is 4.08. The number of nitro benzene ring substituents is 1. The third-order valence-corrected chi connectivity index (χ3v) is 3.39. The molecule has 0 aliphatic heterocycles. The topological polar surface area (TPSA) is 55.2 Å². The van der Waals surface area contributed by atoms with Crippen molar-refractivity contribution in [1.29, 1.82) is 0 Å². The number of nitrogens with zero attached hydrogens (tertiary/aromatic N) is 1. The molecule has 5 heteroatoms. The fourth-order valence-corrected chi connectivity index (χ4v) is 2.31. The Morgan fingerprint density at radius 1 is 1.37 bits per heavy atom. The Kier molecular flexibility index (Phi) is 6.81. The summed E-state index contributed by atoms with van der Waals surface area (Å²) in [5.41, 5.74) is 1.01. The highest BCUT2D eigenvalue weighted by Crippen LogP contribution is 2.24. The Labute approximate surface area is 119 Å². The Morgan fingerprint density at radius 2 is 2.11 bits per heavy atom. The molecule has 1 aromatic carbocycles. The number of benzene rings is 1. The summed E-state index contributed by atoms with van der Waals surface area (Å²) in [5.74, 6) is 0. The van der Waals surface area contributed by atoms with E-state index in [0.717, 1.165) is 37.8 Å². The maximum Gasteiger partial charge on any atom is 0.270 e. The minimum absolute atomic E-state index is 0.0438. The number of rotatable bonds is 8. The van der Waals surface area contributed by atoms with Crippen LogP contribution in [0.4, 0.5) is 5.69 Å². The molecule has 0 aliphatic carbocycles. The Hall–Kier alpha value is -1.13. The summed E-state index contributed by atoms with van der Waals surface area (Å²) in [7, 11) is 0. The van der Waals surface area contributed by atoms with Gasteiger partial charge >= 0.3 is 0 Å². The lowest BCUT2D eigenvalue weighted by atomic mass is 10.0. The highest BCUT2D eigenvalue weighted by molar-refractivity contribution is 6.31. The van der Waals surface area contributed by atoms with E-state index in [4.69, 9.17) is 11.6 Å². The minimum atomic E-state index is -0.422. The fraction of sp³-hybridized carbons (Fsp3) is 0.571. The molecule has 0 heterocycles. The van der Waals surface area contributed by atoms with Crippen LogP contribution in [0.2, 0.25) is 5.02 Å².